The molecule has 0 radical (unpaired) electrons. The summed E-state index contributed by atoms with van der Waals surface area (Å²) in [5.74, 6) is 1.47. The van der Waals surface area contributed by atoms with Crippen molar-refractivity contribution in [3.63, 3.8) is 0 Å². The predicted octanol–water partition coefficient (Wildman–Crippen LogP) is 4.70. The van der Waals surface area contributed by atoms with E-state index in [1.165, 1.54) is 49.9 Å². The molecular weight excluding hydrogens is 344 g/mol. The minimum atomic E-state index is 0.579. The smallest absolute Gasteiger partial charge is 0.131 e. The lowest BCUT2D eigenvalue weighted by Crippen LogP contribution is -2.30. The summed E-state index contributed by atoms with van der Waals surface area (Å²) >= 11 is 0. The molecule has 146 valence electrons. The fourth-order valence-corrected chi connectivity index (χ4v) is 4.13. The number of hydrogen-bond acceptors (Lipinski definition) is 4. The van der Waals surface area contributed by atoms with E-state index < -0.39 is 0 Å². The van der Waals surface area contributed by atoms with Crippen LogP contribution >= 0.6 is 0 Å². The minimum absolute atomic E-state index is 0.579. The van der Waals surface area contributed by atoms with Gasteiger partial charge in [0.2, 0.25) is 0 Å². The normalized spacial score (nSPS) is 15.8. The van der Waals surface area contributed by atoms with Crippen LogP contribution in [0.3, 0.4) is 0 Å². The second-order valence-electron chi connectivity index (χ2n) is 8.05. The summed E-state index contributed by atoms with van der Waals surface area (Å²) in [5.41, 5.74) is 9.84. The van der Waals surface area contributed by atoms with Crippen molar-refractivity contribution in [1.29, 1.82) is 0 Å². The van der Waals surface area contributed by atoms with Crippen molar-refractivity contribution in [2.24, 2.45) is 5.92 Å². The van der Waals surface area contributed by atoms with E-state index >= 15 is 0 Å². The zero-order valence-corrected chi connectivity index (χ0v) is 16.7. The molecule has 1 aliphatic rings. The Bertz CT molecular complexity index is 912. The van der Waals surface area contributed by atoms with Crippen molar-refractivity contribution in [3.05, 3.63) is 65.9 Å². The quantitative estimate of drug-likeness (QED) is 0.656. The topological polar surface area (TPSA) is 54.2 Å². The molecule has 0 unspecified atom stereocenters. The second-order valence-corrected chi connectivity index (χ2v) is 8.05. The highest BCUT2D eigenvalue weighted by Gasteiger charge is 2.16. The van der Waals surface area contributed by atoms with Crippen LogP contribution in [0.2, 0.25) is 0 Å². The highest BCUT2D eigenvalue weighted by Crippen LogP contribution is 2.26. The molecule has 1 fully saturated rings. The summed E-state index contributed by atoms with van der Waals surface area (Å²) in [4.78, 5) is 6.62. The molecule has 1 aliphatic heterocycles. The number of fused-ring (bicyclic) bond motifs is 1. The van der Waals surface area contributed by atoms with Gasteiger partial charge in [-0.1, -0.05) is 36.4 Å². The minimum Gasteiger partial charge on any atom is -0.383 e. The van der Waals surface area contributed by atoms with E-state index in [9.17, 15) is 0 Å². The van der Waals surface area contributed by atoms with Crippen molar-refractivity contribution in [2.45, 2.75) is 32.2 Å². The van der Waals surface area contributed by atoms with E-state index in [4.69, 9.17) is 5.73 Å². The average Bonchev–Trinajstić information content (AvgIpc) is 2.73. The SMILES string of the molecule is CN1CCC(CCc2ccc(CNc3cccc4c(N)nccc34)cc2)CC1. The molecule has 1 saturated heterocycles. The third-order valence-corrected chi connectivity index (χ3v) is 6.02. The molecule has 1 aromatic heterocycles. The molecule has 0 spiro atoms. The first-order valence-electron chi connectivity index (χ1n) is 10.3. The van der Waals surface area contributed by atoms with Crippen LogP contribution < -0.4 is 11.1 Å². The number of likely N-dealkylation sites (tertiary alicyclic amines) is 1. The summed E-state index contributed by atoms with van der Waals surface area (Å²) in [7, 11) is 2.23. The van der Waals surface area contributed by atoms with Crippen LogP contribution in [0.15, 0.2) is 54.7 Å². The maximum atomic E-state index is 6.00. The van der Waals surface area contributed by atoms with Crippen LogP contribution in [-0.2, 0) is 13.0 Å². The predicted molar refractivity (Wildman–Crippen MR) is 118 cm³/mol. The summed E-state index contributed by atoms with van der Waals surface area (Å²) in [5, 5.41) is 5.66. The lowest BCUT2D eigenvalue weighted by Gasteiger charge is -2.28. The molecule has 4 rings (SSSR count). The van der Waals surface area contributed by atoms with Gasteiger partial charge in [0.25, 0.3) is 0 Å². The molecule has 0 saturated carbocycles. The zero-order valence-electron chi connectivity index (χ0n) is 16.7. The second kappa shape index (κ2) is 8.61. The Hall–Kier alpha value is -2.59. The number of nitrogens with zero attached hydrogens (tertiary/aromatic N) is 2. The first-order chi connectivity index (χ1) is 13.7. The molecule has 2 heterocycles. The highest BCUT2D eigenvalue weighted by atomic mass is 15.1. The van der Waals surface area contributed by atoms with Gasteiger partial charge in [-0.25, -0.2) is 4.98 Å². The number of aryl methyl sites for hydroxylation is 1. The van der Waals surface area contributed by atoms with Gasteiger partial charge in [0.05, 0.1) is 0 Å². The summed E-state index contributed by atoms with van der Waals surface area (Å²) in [6.07, 6.45) is 6.98. The third kappa shape index (κ3) is 4.45. The fraction of sp³-hybridized carbons (Fsp3) is 0.375. The molecule has 3 N–H and O–H groups in total. The molecule has 3 aromatic rings. The molecule has 0 atom stereocenters. The standard InChI is InChI=1S/C24H30N4/c1-28-15-12-19(13-16-28)6-5-18-7-9-20(10-8-18)17-27-23-4-2-3-22-21(23)11-14-26-24(22)25/h2-4,7-11,14,19,27H,5-6,12-13,15-17H2,1H3,(H2,25,26). The summed E-state index contributed by atoms with van der Waals surface area (Å²) in [6.45, 7) is 3.31. The van der Waals surface area contributed by atoms with Crippen LogP contribution in [0, 0.1) is 5.92 Å². The van der Waals surface area contributed by atoms with Crippen LogP contribution in [0.5, 0.6) is 0 Å². The number of nitrogen functional groups attached to an aromatic ring is 1. The number of aromatic nitrogens is 1. The highest BCUT2D eigenvalue weighted by molar-refractivity contribution is 5.99. The number of rotatable bonds is 6. The Morgan fingerprint density at radius 2 is 1.75 bits per heavy atom. The van der Waals surface area contributed by atoms with Crippen molar-refractivity contribution < 1.29 is 0 Å². The molecule has 4 heteroatoms. The Balaban J connectivity index is 1.33. The third-order valence-electron chi connectivity index (χ3n) is 6.02. The summed E-state index contributed by atoms with van der Waals surface area (Å²) in [6, 6.07) is 17.2. The molecule has 0 aliphatic carbocycles. The van der Waals surface area contributed by atoms with Gasteiger partial charge in [-0.15, -0.1) is 0 Å². The van der Waals surface area contributed by atoms with Crippen molar-refractivity contribution in [2.75, 3.05) is 31.2 Å². The van der Waals surface area contributed by atoms with Crippen LogP contribution in [0.4, 0.5) is 11.5 Å². The number of pyridine rings is 1. The van der Waals surface area contributed by atoms with Crippen molar-refractivity contribution >= 4 is 22.3 Å². The molecule has 28 heavy (non-hydrogen) atoms. The van der Waals surface area contributed by atoms with E-state index in [1.54, 1.807) is 6.20 Å². The lowest BCUT2D eigenvalue weighted by atomic mass is 9.90. The van der Waals surface area contributed by atoms with Gasteiger partial charge in [-0.05, 0) is 75.0 Å². The van der Waals surface area contributed by atoms with Crippen molar-refractivity contribution in [1.82, 2.24) is 9.88 Å². The Labute approximate surface area is 167 Å². The van der Waals surface area contributed by atoms with Crippen LogP contribution in [0.1, 0.15) is 30.4 Å². The molecular formula is C24H30N4. The molecule has 2 aromatic carbocycles. The van der Waals surface area contributed by atoms with E-state index in [0.717, 1.165) is 28.9 Å². The van der Waals surface area contributed by atoms with Gasteiger partial charge >= 0.3 is 0 Å². The van der Waals surface area contributed by atoms with Gasteiger partial charge in [0, 0.05) is 29.2 Å². The Kier molecular flexibility index (Phi) is 5.77. The molecule has 0 bridgehead atoms. The number of piperidine rings is 1. The largest absolute Gasteiger partial charge is 0.383 e. The van der Waals surface area contributed by atoms with Gasteiger partial charge < -0.3 is 16.0 Å². The van der Waals surface area contributed by atoms with Gasteiger partial charge in [0.15, 0.2) is 0 Å². The number of nitrogens with two attached hydrogens (primary N) is 1. The summed E-state index contributed by atoms with van der Waals surface area (Å²) < 4.78 is 0. The average molecular weight is 375 g/mol. The number of benzene rings is 2. The van der Waals surface area contributed by atoms with E-state index in [2.05, 4.69) is 52.6 Å². The first-order valence-corrected chi connectivity index (χ1v) is 10.3. The van der Waals surface area contributed by atoms with E-state index in [0.29, 0.717) is 5.82 Å². The van der Waals surface area contributed by atoms with Crippen molar-refractivity contribution in [3.8, 4) is 0 Å². The fourth-order valence-electron chi connectivity index (χ4n) is 4.13. The molecule has 4 nitrogen and oxygen atoms in total. The maximum Gasteiger partial charge on any atom is 0.131 e. The Morgan fingerprint density at radius 3 is 2.54 bits per heavy atom. The zero-order chi connectivity index (χ0) is 19.3. The van der Waals surface area contributed by atoms with Crippen LogP contribution in [0.25, 0.3) is 10.8 Å². The van der Waals surface area contributed by atoms with Crippen LogP contribution in [-0.4, -0.2) is 30.0 Å². The van der Waals surface area contributed by atoms with E-state index in [-0.39, 0.29) is 0 Å². The number of nitrogens with one attached hydrogen (secondary N) is 1. The van der Waals surface area contributed by atoms with Gasteiger partial charge in [-0.3, -0.25) is 0 Å². The lowest BCUT2D eigenvalue weighted by molar-refractivity contribution is 0.212. The number of hydrogen-bond donors (Lipinski definition) is 2. The van der Waals surface area contributed by atoms with E-state index in [1.807, 2.05) is 18.2 Å². The molecule has 0 amide bonds. The monoisotopic (exact) mass is 374 g/mol. The number of anilines is 2. The maximum absolute atomic E-state index is 6.00. The van der Waals surface area contributed by atoms with Gasteiger partial charge in [-0.2, -0.15) is 0 Å². The van der Waals surface area contributed by atoms with Gasteiger partial charge in [0.1, 0.15) is 5.82 Å². The Morgan fingerprint density at radius 1 is 1.00 bits per heavy atom. The first kappa shape index (κ1) is 18.8.